The molecule has 0 saturated heterocycles. The van der Waals surface area contributed by atoms with Crippen molar-refractivity contribution in [2.24, 2.45) is 0 Å². The second kappa shape index (κ2) is 7.25. The Morgan fingerprint density at radius 2 is 1.88 bits per heavy atom. The van der Waals surface area contributed by atoms with Gasteiger partial charge in [-0.25, -0.2) is 9.59 Å². The molecule has 1 aliphatic heterocycles. The number of amides is 2. The van der Waals surface area contributed by atoms with Crippen molar-refractivity contribution in [3.05, 3.63) is 54.1 Å². The smallest absolute Gasteiger partial charge is 0.434 e. The van der Waals surface area contributed by atoms with Gasteiger partial charge in [0.15, 0.2) is 0 Å². The van der Waals surface area contributed by atoms with Crippen LogP contribution in [0.3, 0.4) is 0 Å². The fraction of sp³-hybridized carbons (Fsp3) is 0.263. The third kappa shape index (κ3) is 3.74. The normalized spacial score (nSPS) is 15.4. The van der Waals surface area contributed by atoms with Crippen LogP contribution in [0.25, 0.3) is 0 Å². The molecule has 1 N–H and O–H groups in total. The number of benzene rings is 2. The van der Waals surface area contributed by atoms with Crippen LogP contribution in [0.15, 0.2) is 48.5 Å². The molecule has 0 saturated carbocycles. The summed E-state index contributed by atoms with van der Waals surface area (Å²) in [5.41, 5.74) is 2.73. The van der Waals surface area contributed by atoms with Crippen LogP contribution in [0.4, 0.5) is 21.0 Å². The van der Waals surface area contributed by atoms with Crippen LogP contribution in [-0.2, 0) is 11.2 Å². The summed E-state index contributed by atoms with van der Waals surface area (Å²) in [6.45, 7) is 3.98. The van der Waals surface area contributed by atoms with Crippen molar-refractivity contribution in [3.63, 3.8) is 0 Å². The number of carbonyl (C=O) groups excluding carboxylic acids is 2. The van der Waals surface area contributed by atoms with E-state index >= 15 is 0 Å². The minimum Gasteiger partial charge on any atom is -0.434 e. The predicted molar refractivity (Wildman–Crippen MR) is 95.2 cm³/mol. The van der Waals surface area contributed by atoms with Crippen molar-refractivity contribution in [1.29, 1.82) is 0 Å². The molecule has 0 bridgehead atoms. The molecule has 0 aromatic heterocycles. The Morgan fingerprint density at radius 3 is 2.60 bits per heavy atom. The van der Waals surface area contributed by atoms with E-state index in [2.05, 4.69) is 5.32 Å². The van der Waals surface area contributed by atoms with E-state index in [4.69, 9.17) is 9.47 Å². The van der Waals surface area contributed by atoms with Gasteiger partial charge in [-0.05, 0) is 56.2 Å². The van der Waals surface area contributed by atoms with E-state index in [-0.39, 0.29) is 18.7 Å². The Labute approximate surface area is 146 Å². The first kappa shape index (κ1) is 16.8. The molecule has 0 fully saturated rings. The third-order valence-corrected chi connectivity index (χ3v) is 4.00. The lowest BCUT2D eigenvalue weighted by Gasteiger charge is -2.23. The van der Waals surface area contributed by atoms with Gasteiger partial charge >= 0.3 is 12.2 Å². The Kier molecular flexibility index (Phi) is 4.88. The summed E-state index contributed by atoms with van der Waals surface area (Å²) in [7, 11) is 0. The van der Waals surface area contributed by atoms with Crippen molar-refractivity contribution in [3.8, 4) is 5.75 Å². The SMILES string of the molecule is CCOC(=O)Oc1ccc(NC(=O)N2c3ccccc3CC2C)cc1. The number of anilines is 2. The number of urea groups is 1. The van der Waals surface area contributed by atoms with Crippen molar-refractivity contribution in [2.45, 2.75) is 26.3 Å². The zero-order valence-electron chi connectivity index (χ0n) is 14.2. The minimum absolute atomic E-state index is 0.101. The van der Waals surface area contributed by atoms with Gasteiger partial charge in [0.25, 0.3) is 0 Å². The molecule has 1 unspecified atom stereocenters. The summed E-state index contributed by atoms with van der Waals surface area (Å²) in [6, 6.07) is 14.4. The third-order valence-electron chi connectivity index (χ3n) is 4.00. The molecule has 2 amide bonds. The lowest BCUT2D eigenvalue weighted by atomic mass is 10.1. The molecule has 1 atom stereocenters. The van der Waals surface area contributed by atoms with Crippen molar-refractivity contribution >= 4 is 23.6 Å². The molecule has 25 heavy (non-hydrogen) atoms. The minimum atomic E-state index is -0.748. The summed E-state index contributed by atoms with van der Waals surface area (Å²) in [5.74, 6) is 0.358. The summed E-state index contributed by atoms with van der Waals surface area (Å²) >= 11 is 0. The number of hydrogen-bond donors (Lipinski definition) is 1. The highest BCUT2D eigenvalue weighted by molar-refractivity contribution is 6.03. The molecule has 0 aliphatic carbocycles. The average molecular weight is 340 g/mol. The Hall–Kier alpha value is -3.02. The monoisotopic (exact) mass is 340 g/mol. The lowest BCUT2D eigenvalue weighted by molar-refractivity contribution is 0.104. The molecule has 1 heterocycles. The fourth-order valence-corrected chi connectivity index (χ4v) is 2.91. The summed E-state index contributed by atoms with van der Waals surface area (Å²) in [5, 5.41) is 2.88. The van der Waals surface area contributed by atoms with E-state index in [1.807, 2.05) is 31.2 Å². The van der Waals surface area contributed by atoms with Crippen molar-refractivity contribution < 1.29 is 19.1 Å². The second-order valence-corrected chi connectivity index (χ2v) is 5.79. The van der Waals surface area contributed by atoms with Crippen LogP contribution < -0.4 is 15.0 Å². The summed E-state index contributed by atoms with van der Waals surface area (Å²) in [4.78, 5) is 25.7. The van der Waals surface area contributed by atoms with Gasteiger partial charge in [0.1, 0.15) is 5.75 Å². The fourth-order valence-electron chi connectivity index (χ4n) is 2.91. The van der Waals surface area contributed by atoms with Gasteiger partial charge in [0.05, 0.1) is 6.61 Å². The van der Waals surface area contributed by atoms with Crippen LogP contribution in [0, 0.1) is 0 Å². The van der Waals surface area contributed by atoms with Gasteiger partial charge in [0.2, 0.25) is 0 Å². The maximum Gasteiger partial charge on any atom is 0.513 e. The molecule has 3 rings (SSSR count). The molecule has 2 aromatic rings. The standard InChI is InChI=1S/C19H20N2O4/c1-3-24-19(23)25-16-10-8-15(9-11-16)20-18(22)21-13(2)12-14-6-4-5-7-17(14)21/h4-11,13H,3,12H2,1-2H3,(H,20,22). The van der Waals surface area contributed by atoms with Gasteiger partial charge in [-0.15, -0.1) is 0 Å². The first-order chi connectivity index (χ1) is 12.1. The number of para-hydroxylation sites is 1. The predicted octanol–water partition coefficient (Wildman–Crippen LogP) is 4.21. The number of rotatable bonds is 3. The highest BCUT2D eigenvalue weighted by atomic mass is 16.7. The van der Waals surface area contributed by atoms with E-state index in [0.717, 1.165) is 12.1 Å². The summed E-state index contributed by atoms with van der Waals surface area (Å²) in [6.07, 6.45) is 0.0948. The van der Waals surface area contributed by atoms with Gasteiger partial charge in [-0.3, -0.25) is 4.90 Å². The van der Waals surface area contributed by atoms with E-state index in [9.17, 15) is 9.59 Å². The first-order valence-electron chi connectivity index (χ1n) is 8.21. The molecule has 2 aromatic carbocycles. The zero-order valence-corrected chi connectivity index (χ0v) is 14.2. The van der Waals surface area contributed by atoms with Gasteiger partial charge in [0, 0.05) is 17.4 Å². The molecular weight excluding hydrogens is 320 g/mol. The van der Waals surface area contributed by atoms with Crippen molar-refractivity contribution in [1.82, 2.24) is 0 Å². The van der Waals surface area contributed by atoms with Crippen LogP contribution >= 0.6 is 0 Å². The van der Waals surface area contributed by atoms with E-state index in [1.54, 1.807) is 36.1 Å². The molecule has 130 valence electrons. The molecule has 0 spiro atoms. The van der Waals surface area contributed by atoms with Gasteiger partial charge in [-0.1, -0.05) is 18.2 Å². The average Bonchev–Trinajstić information content (AvgIpc) is 2.92. The van der Waals surface area contributed by atoms with E-state index < -0.39 is 6.16 Å². The number of hydrogen-bond acceptors (Lipinski definition) is 4. The molecule has 6 nitrogen and oxygen atoms in total. The number of carbonyl (C=O) groups is 2. The molecule has 1 aliphatic rings. The topological polar surface area (TPSA) is 67.9 Å². The number of ether oxygens (including phenoxy) is 2. The largest absolute Gasteiger partial charge is 0.513 e. The molecule has 0 radical (unpaired) electrons. The van der Waals surface area contributed by atoms with Crippen LogP contribution in [-0.4, -0.2) is 24.8 Å². The molecular formula is C19H20N2O4. The molecule has 6 heteroatoms. The van der Waals surface area contributed by atoms with E-state index in [1.165, 1.54) is 5.56 Å². The first-order valence-corrected chi connectivity index (χ1v) is 8.21. The van der Waals surface area contributed by atoms with Crippen molar-refractivity contribution in [2.75, 3.05) is 16.8 Å². The second-order valence-electron chi connectivity index (χ2n) is 5.79. The Bertz CT molecular complexity index is 773. The Balaban J connectivity index is 1.66. The number of nitrogens with one attached hydrogen (secondary N) is 1. The van der Waals surface area contributed by atoms with Gasteiger partial charge in [-0.2, -0.15) is 0 Å². The summed E-state index contributed by atoms with van der Waals surface area (Å²) < 4.78 is 9.71. The van der Waals surface area contributed by atoms with Gasteiger partial charge < -0.3 is 14.8 Å². The zero-order chi connectivity index (χ0) is 17.8. The number of fused-ring (bicyclic) bond motifs is 1. The quantitative estimate of drug-likeness (QED) is 0.671. The van der Waals surface area contributed by atoms with Crippen LogP contribution in [0.1, 0.15) is 19.4 Å². The highest BCUT2D eigenvalue weighted by Crippen LogP contribution is 2.32. The Morgan fingerprint density at radius 1 is 1.16 bits per heavy atom. The van der Waals surface area contributed by atoms with E-state index in [0.29, 0.717) is 11.4 Å². The number of nitrogens with zero attached hydrogens (tertiary/aromatic N) is 1. The highest BCUT2D eigenvalue weighted by Gasteiger charge is 2.30. The maximum atomic E-state index is 12.6. The lowest BCUT2D eigenvalue weighted by Crippen LogP contribution is -2.39. The van der Waals surface area contributed by atoms with Crippen LogP contribution in [0.5, 0.6) is 5.75 Å². The van der Waals surface area contributed by atoms with Crippen LogP contribution in [0.2, 0.25) is 0 Å². The maximum absolute atomic E-state index is 12.6.